The largest absolute Gasteiger partial charge is 0.448 e. The van der Waals surface area contributed by atoms with Gasteiger partial charge in [-0.05, 0) is 53.4 Å². The Morgan fingerprint density at radius 1 is 0.931 bits per heavy atom. The van der Waals surface area contributed by atoms with Crippen LogP contribution in [0.15, 0.2) is 48.5 Å². The van der Waals surface area contributed by atoms with Crippen LogP contribution in [-0.4, -0.2) is 35.5 Å². The van der Waals surface area contributed by atoms with E-state index >= 15 is 0 Å². The van der Waals surface area contributed by atoms with Gasteiger partial charge in [-0.2, -0.15) is 0 Å². The Balaban J connectivity index is 1.19. The minimum atomic E-state index is -0.167. The third kappa shape index (κ3) is 2.58. The van der Waals surface area contributed by atoms with Crippen LogP contribution in [0.4, 0.5) is 4.79 Å². The van der Waals surface area contributed by atoms with Gasteiger partial charge in [0.1, 0.15) is 12.4 Å². The average molecular weight is 387 g/mol. The Morgan fingerprint density at radius 2 is 1.48 bits per heavy atom. The SMILES string of the molecule is O=C1CC2(C1)CC1CCC(C2)N1C(=O)OCC1c2ccccc2-c2ccccc21. The monoisotopic (exact) mass is 387 g/mol. The standard InChI is InChI=1S/C25H25NO3/c27-18-13-25(14-18)11-16-9-10-17(12-25)26(16)24(28)29-15-23-21-7-3-1-5-19(21)20-6-2-4-8-22(20)23/h1-8,16-17,23H,9-15H2. The molecule has 2 atom stereocenters. The summed E-state index contributed by atoms with van der Waals surface area (Å²) in [5, 5.41) is 0. The summed E-state index contributed by atoms with van der Waals surface area (Å²) < 4.78 is 5.92. The molecule has 0 N–H and O–H groups in total. The molecule has 148 valence electrons. The van der Waals surface area contributed by atoms with E-state index in [0.717, 1.165) is 38.5 Å². The molecule has 4 heteroatoms. The van der Waals surface area contributed by atoms with Gasteiger partial charge in [-0.3, -0.25) is 4.79 Å². The fourth-order valence-corrected chi connectivity index (χ4v) is 6.49. The number of carbonyl (C=O) groups excluding carboxylic acids is 2. The van der Waals surface area contributed by atoms with Crippen molar-refractivity contribution in [3.05, 3.63) is 59.7 Å². The zero-order valence-electron chi connectivity index (χ0n) is 16.5. The van der Waals surface area contributed by atoms with Crippen molar-refractivity contribution in [3.8, 4) is 11.1 Å². The Kier molecular flexibility index (Phi) is 3.68. The quantitative estimate of drug-likeness (QED) is 0.735. The maximum Gasteiger partial charge on any atom is 0.410 e. The van der Waals surface area contributed by atoms with Crippen LogP contribution in [0.3, 0.4) is 0 Å². The lowest BCUT2D eigenvalue weighted by Gasteiger charge is -2.50. The molecule has 4 aliphatic rings. The second kappa shape index (κ2) is 6.19. The molecule has 1 saturated carbocycles. The van der Waals surface area contributed by atoms with Gasteiger partial charge < -0.3 is 9.64 Å². The van der Waals surface area contributed by atoms with Crippen LogP contribution in [0.1, 0.15) is 55.6 Å². The van der Waals surface area contributed by atoms with Crippen molar-refractivity contribution < 1.29 is 14.3 Å². The molecule has 1 amide bonds. The average Bonchev–Trinajstić information content (AvgIpc) is 3.17. The van der Waals surface area contributed by atoms with Gasteiger partial charge in [0.05, 0.1) is 0 Å². The lowest BCUT2D eigenvalue weighted by molar-refractivity contribution is -0.137. The number of carbonyl (C=O) groups is 2. The molecule has 2 saturated heterocycles. The third-order valence-corrected chi connectivity index (χ3v) is 7.65. The lowest BCUT2D eigenvalue weighted by Crippen LogP contribution is -2.54. The molecule has 2 aliphatic carbocycles. The maximum absolute atomic E-state index is 13.1. The van der Waals surface area contributed by atoms with Crippen LogP contribution in [0.25, 0.3) is 11.1 Å². The molecule has 2 aliphatic heterocycles. The van der Waals surface area contributed by atoms with E-state index in [-0.39, 0.29) is 29.5 Å². The predicted molar refractivity (Wildman–Crippen MR) is 110 cm³/mol. The number of hydrogen-bond acceptors (Lipinski definition) is 3. The third-order valence-electron chi connectivity index (χ3n) is 7.65. The summed E-state index contributed by atoms with van der Waals surface area (Å²) in [6, 6.07) is 17.3. The topological polar surface area (TPSA) is 46.6 Å². The van der Waals surface area contributed by atoms with Gasteiger partial charge in [-0.25, -0.2) is 4.79 Å². The summed E-state index contributed by atoms with van der Waals surface area (Å²) in [4.78, 5) is 26.6. The molecule has 2 heterocycles. The van der Waals surface area contributed by atoms with Crippen molar-refractivity contribution in [1.82, 2.24) is 4.90 Å². The molecule has 29 heavy (non-hydrogen) atoms. The highest BCUT2D eigenvalue weighted by Crippen LogP contribution is 2.54. The minimum Gasteiger partial charge on any atom is -0.448 e. The van der Waals surface area contributed by atoms with Gasteiger partial charge in [-0.1, -0.05) is 48.5 Å². The van der Waals surface area contributed by atoms with Gasteiger partial charge in [0.25, 0.3) is 0 Å². The number of benzene rings is 2. The van der Waals surface area contributed by atoms with Gasteiger partial charge in [-0.15, -0.1) is 0 Å². The first-order valence-corrected chi connectivity index (χ1v) is 10.8. The molecule has 3 fully saturated rings. The molecule has 0 aromatic heterocycles. The van der Waals surface area contributed by atoms with Gasteiger partial charge in [0.2, 0.25) is 0 Å². The maximum atomic E-state index is 13.1. The van der Waals surface area contributed by atoms with Crippen molar-refractivity contribution >= 4 is 11.9 Å². The van der Waals surface area contributed by atoms with Crippen LogP contribution >= 0.6 is 0 Å². The van der Waals surface area contributed by atoms with Gasteiger partial charge in [0.15, 0.2) is 0 Å². The number of piperidine rings is 1. The van der Waals surface area contributed by atoms with E-state index in [2.05, 4.69) is 48.5 Å². The van der Waals surface area contributed by atoms with E-state index in [4.69, 9.17) is 4.74 Å². The number of Topliss-reactive ketones (excluding diaryl/α,β-unsaturated/α-hetero) is 1. The highest BCUT2D eigenvalue weighted by atomic mass is 16.6. The van der Waals surface area contributed by atoms with E-state index < -0.39 is 0 Å². The number of rotatable bonds is 2. The number of amides is 1. The van der Waals surface area contributed by atoms with E-state index in [1.165, 1.54) is 22.3 Å². The van der Waals surface area contributed by atoms with Crippen LogP contribution in [0.5, 0.6) is 0 Å². The smallest absolute Gasteiger partial charge is 0.410 e. The second-order valence-electron chi connectivity index (χ2n) is 9.40. The van der Waals surface area contributed by atoms with Crippen molar-refractivity contribution in [3.63, 3.8) is 0 Å². The summed E-state index contributed by atoms with van der Waals surface area (Å²) in [6.07, 6.45) is 5.31. The molecule has 2 bridgehead atoms. The molecule has 0 radical (unpaired) electrons. The summed E-state index contributed by atoms with van der Waals surface area (Å²) in [5.74, 6) is 0.489. The van der Waals surface area contributed by atoms with Gasteiger partial charge >= 0.3 is 6.09 Å². The molecule has 6 rings (SSSR count). The highest BCUT2D eigenvalue weighted by molar-refractivity contribution is 5.86. The van der Waals surface area contributed by atoms with Crippen LogP contribution < -0.4 is 0 Å². The molecule has 4 nitrogen and oxygen atoms in total. The predicted octanol–water partition coefficient (Wildman–Crippen LogP) is 4.91. The van der Waals surface area contributed by atoms with Crippen LogP contribution in [0.2, 0.25) is 0 Å². The molecule has 2 unspecified atom stereocenters. The summed E-state index contributed by atoms with van der Waals surface area (Å²) in [5.41, 5.74) is 5.17. The Hall–Kier alpha value is -2.62. The summed E-state index contributed by atoms with van der Waals surface area (Å²) >= 11 is 0. The summed E-state index contributed by atoms with van der Waals surface area (Å²) in [7, 11) is 0. The zero-order valence-corrected chi connectivity index (χ0v) is 16.5. The number of fused-ring (bicyclic) bond motifs is 5. The number of nitrogens with zero attached hydrogens (tertiary/aromatic N) is 1. The van der Waals surface area contributed by atoms with E-state index in [1.807, 2.05) is 4.90 Å². The molecular weight excluding hydrogens is 362 g/mol. The van der Waals surface area contributed by atoms with Crippen molar-refractivity contribution in [2.75, 3.05) is 6.61 Å². The lowest BCUT2D eigenvalue weighted by atomic mass is 9.60. The normalized spacial score (nSPS) is 26.2. The number of hydrogen-bond donors (Lipinski definition) is 0. The molecular formula is C25H25NO3. The van der Waals surface area contributed by atoms with Crippen LogP contribution in [-0.2, 0) is 9.53 Å². The molecule has 2 aromatic rings. The van der Waals surface area contributed by atoms with Crippen molar-refractivity contribution in [2.24, 2.45) is 5.41 Å². The van der Waals surface area contributed by atoms with Crippen molar-refractivity contribution in [2.45, 2.75) is 56.5 Å². The Morgan fingerprint density at radius 3 is 2.03 bits per heavy atom. The Bertz CT molecular complexity index is 943. The van der Waals surface area contributed by atoms with E-state index in [1.54, 1.807) is 0 Å². The molecule has 2 aromatic carbocycles. The first-order chi connectivity index (χ1) is 14.1. The zero-order chi connectivity index (χ0) is 19.6. The van der Waals surface area contributed by atoms with E-state index in [0.29, 0.717) is 12.4 Å². The number of ketones is 1. The first-order valence-electron chi connectivity index (χ1n) is 10.8. The summed E-state index contributed by atoms with van der Waals surface area (Å²) in [6.45, 7) is 0.381. The minimum absolute atomic E-state index is 0.101. The molecule has 1 spiro atoms. The Labute approximate surface area is 170 Å². The van der Waals surface area contributed by atoms with Gasteiger partial charge in [0, 0.05) is 30.8 Å². The first kappa shape index (κ1) is 17.3. The highest BCUT2D eigenvalue weighted by Gasteiger charge is 2.55. The number of ether oxygens (including phenoxy) is 1. The van der Waals surface area contributed by atoms with Crippen molar-refractivity contribution in [1.29, 1.82) is 0 Å². The van der Waals surface area contributed by atoms with Crippen LogP contribution in [0, 0.1) is 5.41 Å². The fraction of sp³-hybridized carbons (Fsp3) is 0.440. The fourth-order valence-electron chi connectivity index (χ4n) is 6.49. The van der Waals surface area contributed by atoms with E-state index in [9.17, 15) is 9.59 Å². The second-order valence-corrected chi connectivity index (χ2v) is 9.40.